The van der Waals surface area contributed by atoms with Crippen LogP contribution in [0.4, 0.5) is 0 Å². The molecule has 0 aliphatic carbocycles. The Hall–Kier alpha value is -2.09. The summed E-state index contributed by atoms with van der Waals surface area (Å²) < 4.78 is 5.01. The van der Waals surface area contributed by atoms with Crippen LogP contribution < -0.4 is 10.1 Å². The number of rotatable bonds is 4. The molecule has 1 amide bonds. The van der Waals surface area contributed by atoms with E-state index in [0.29, 0.717) is 17.7 Å². The molecular weight excluding hydrogens is 206 g/mol. The van der Waals surface area contributed by atoms with Crippen LogP contribution in [0.5, 0.6) is 5.75 Å². The fourth-order valence-corrected chi connectivity index (χ4v) is 1.19. The average Bonchev–Trinajstić information content (AvgIpc) is 2.35. The molecule has 1 atom stereocenters. The largest absolute Gasteiger partial charge is 0.494 e. The molecule has 5 heteroatoms. The number of hydrogen-bond acceptors (Lipinski definition) is 4. The number of amides is 1. The highest BCUT2D eigenvalue weighted by molar-refractivity contribution is 5.97. The van der Waals surface area contributed by atoms with Crippen molar-refractivity contribution in [1.29, 1.82) is 5.26 Å². The van der Waals surface area contributed by atoms with Crippen LogP contribution in [0.3, 0.4) is 0 Å². The van der Waals surface area contributed by atoms with Crippen molar-refractivity contribution < 1.29 is 9.53 Å². The van der Waals surface area contributed by atoms with Gasteiger partial charge >= 0.3 is 0 Å². The van der Waals surface area contributed by atoms with Crippen LogP contribution in [-0.4, -0.2) is 24.0 Å². The van der Waals surface area contributed by atoms with Gasteiger partial charge in [-0.3, -0.25) is 9.78 Å². The van der Waals surface area contributed by atoms with Gasteiger partial charge in [0.15, 0.2) is 0 Å². The summed E-state index contributed by atoms with van der Waals surface area (Å²) in [6.07, 6.45) is 3.53. The second-order valence-electron chi connectivity index (χ2n) is 3.14. The third-order valence-corrected chi connectivity index (χ3v) is 2.12. The fourth-order valence-electron chi connectivity index (χ4n) is 1.19. The maximum Gasteiger partial charge on any atom is 0.256 e. The Morgan fingerprint density at radius 3 is 3.06 bits per heavy atom. The van der Waals surface area contributed by atoms with Crippen LogP contribution in [0.25, 0.3) is 0 Å². The molecule has 0 spiro atoms. The zero-order valence-electron chi connectivity index (χ0n) is 9.23. The Balaban J connectivity index is 2.85. The number of nitriles is 1. The molecular formula is C11H13N3O2. The predicted molar refractivity (Wildman–Crippen MR) is 57.9 cm³/mol. The number of hydrogen-bond donors (Lipinski definition) is 1. The first-order chi connectivity index (χ1) is 7.72. The van der Waals surface area contributed by atoms with E-state index in [4.69, 9.17) is 10.00 Å². The van der Waals surface area contributed by atoms with Gasteiger partial charge in [-0.05, 0) is 12.5 Å². The van der Waals surface area contributed by atoms with Crippen LogP contribution >= 0.6 is 0 Å². The van der Waals surface area contributed by atoms with Crippen LogP contribution in [0, 0.1) is 11.3 Å². The van der Waals surface area contributed by atoms with E-state index in [2.05, 4.69) is 10.3 Å². The Morgan fingerprint density at radius 1 is 1.75 bits per heavy atom. The van der Waals surface area contributed by atoms with E-state index in [9.17, 15) is 4.79 Å². The zero-order chi connectivity index (χ0) is 12.0. The minimum atomic E-state index is -0.481. The first-order valence-electron chi connectivity index (χ1n) is 4.91. The third kappa shape index (κ3) is 2.70. The number of nitrogens with zero attached hydrogens (tertiary/aromatic N) is 2. The summed E-state index contributed by atoms with van der Waals surface area (Å²) in [5, 5.41) is 11.3. The lowest BCUT2D eigenvalue weighted by Gasteiger charge is -2.11. The fraction of sp³-hybridized carbons (Fsp3) is 0.364. The minimum absolute atomic E-state index is 0.326. The Kier molecular flexibility index (Phi) is 4.28. The summed E-state index contributed by atoms with van der Waals surface area (Å²) in [6.45, 7) is 1.83. The topological polar surface area (TPSA) is 75.0 Å². The lowest BCUT2D eigenvalue weighted by atomic mass is 10.2. The Labute approximate surface area is 94.1 Å². The number of aromatic nitrogens is 1. The van der Waals surface area contributed by atoms with Gasteiger partial charge in [0, 0.05) is 6.20 Å². The summed E-state index contributed by atoms with van der Waals surface area (Å²) in [5.74, 6) is 0.0699. The van der Waals surface area contributed by atoms with E-state index in [0.717, 1.165) is 0 Å². The van der Waals surface area contributed by atoms with Gasteiger partial charge in [-0.2, -0.15) is 5.26 Å². The van der Waals surface area contributed by atoms with E-state index >= 15 is 0 Å². The number of carbonyl (C=O) groups excluding carboxylic acids is 1. The average molecular weight is 219 g/mol. The number of pyridine rings is 1. The molecule has 0 aliphatic rings. The Bertz CT molecular complexity index is 412. The van der Waals surface area contributed by atoms with Gasteiger partial charge in [-0.25, -0.2) is 0 Å². The quantitative estimate of drug-likeness (QED) is 0.823. The number of methoxy groups -OCH3 is 1. The van der Waals surface area contributed by atoms with Crippen molar-refractivity contribution in [1.82, 2.24) is 10.3 Å². The van der Waals surface area contributed by atoms with Gasteiger partial charge in [0.2, 0.25) is 0 Å². The molecule has 0 aliphatic heterocycles. The SMILES string of the molecule is CCC(C#N)NC(=O)c1ccncc1OC. The van der Waals surface area contributed by atoms with Crippen molar-refractivity contribution in [2.24, 2.45) is 0 Å². The van der Waals surface area contributed by atoms with Gasteiger partial charge in [-0.15, -0.1) is 0 Å². The molecule has 1 unspecified atom stereocenters. The molecule has 1 aromatic rings. The highest BCUT2D eigenvalue weighted by atomic mass is 16.5. The monoisotopic (exact) mass is 219 g/mol. The molecule has 5 nitrogen and oxygen atoms in total. The minimum Gasteiger partial charge on any atom is -0.494 e. The van der Waals surface area contributed by atoms with E-state index in [1.54, 1.807) is 6.07 Å². The molecule has 0 aromatic carbocycles. The summed E-state index contributed by atoms with van der Waals surface area (Å²) in [4.78, 5) is 15.6. The standard InChI is InChI=1S/C11H13N3O2/c1-3-8(6-12)14-11(15)9-4-5-13-7-10(9)16-2/h4-5,7-8H,3H2,1-2H3,(H,14,15). The normalized spacial score (nSPS) is 11.3. The van der Waals surface area contributed by atoms with Gasteiger partial charge in [0.1, 0.15) is 11.8 Å². The number of carbonyl (C=O) groups is 1. The van der Waals surface area contributed by atoms with Crippen LogP contribution in [0.2, 0.25) is 0 Å². The van der Waals surface area contributed by atoms with Crippen LogP contribution in [-0.2, 0) is 0 Å². The molecule has 1 heterocycles. The second kappa shape index (κ2) is 5.71. The molecule has 1 rings (SSSR count). The lowest BCUT2D eigenvalue weighted by molar-refractivity contribution is 0.0941. The molecule has 1 aromatic heterocycles. The summed E-state index contributed by atoms with van der Waals surface area (Å²) in [7, 11) is 1.47. The molecule has 0 fully saturated rings. The maximum absolute atomic E-state index is 11.8. The molecule has 16 heavy (non-hydrogen) atoms. The smallest absolute Gasteiger partial charge is 0.256 e. The van der Waals surface area contributed by atoms with Crippen molar-refractivity contribution in [3.8, 4) is 11.8 Å². The van der Waals surface area contributed by atoms with E-state index < -0.39 is 6.04 Å². The Morgan fingerprint density at radius 2 is 2.50 bits per heavy atom. The van der Waals surface area contributed by atoms with Crippen molar-refractivity contribution in [3.63, 3.8) is 0 Å². The lowest BCUT2D eigenvalue weighted by Crippen LogP contribution is -2.33. The first kappa shape index (κ1) is 12.0. The van der Waals surface area contributed by atoms with Crippen LogP contribution in [0.15, 0.2) is 18.5 Å². The number of nitrogens with one attached hydrogen (secondary N) is 1. The molecule has 0 radical (unpaired) electrons. The van der Waals surface area contributed by atoms with Crippen molar-refractivity contribution in [3.05, 3.63) is 24.0 Å². The second-order valence-corrected chi connectivity index (χ2v) is 3.14. The maximum atomic E-state index is 11.8. The van der Waals surface area contributed by atoms with Crippen molar-refractivity contribution in [2.75, 3.05) is 7.11 Å². The molecule has 84 valence electrons. The summed E-state index contributed by atoms with van der Waals surface area (Å²) in [5.41, 5.74) is 0.381. The molecule has 0 saturated carbocycles. The molecule has 1 N–H and O–H groups in total. The molecule has 0 saturated heterocycles. The van der Waals surface area contributed by atoms with Crippen molar-refractivity contribution in [2.45, 2.75) is 19.4 Å². The molecule has 0 bridgehead atoms. The van der Waals surface area contributed by atoms with Gasteiger partial charge in [0.25, 0.3) is 5.91 Å². The van der Waals surface area contributed by atoms with Gasteiger partial charge in [0.05, 0.1) is 24.9 Å². The highest BCUT2D eigenvalue weighted by Crippen LogP contribution is 2.15. The first-order valence-corrected chi connectivity index (χ1v) is 4.91. The summed E-state index contributed by atoms with van der Waals surface area (Å²) >= 11 is 0. The van der Waals surface area contributed by atoms with E-state index in [1.165, 1.54) is 19.5 Å². The van der Waals surface area contributed by atoms with Gasteiger partial charge in [-0.1, -0.05) is 6.92 Å². The zero-order valence-corrected chi connectivity index (χ0v) is 9.23. The van der Waals surface area contributed by atoms with Crippen LogP contribution in [0.1, 0.15) is 23.7 Å². The van der Waals surface area contributed by atoms with E-state index in [-0.39, 0.29) is 5.91 Å². The van der Waals surface area contributed by atoms with E-state index in [1.807, 2.05) is 13.0 Å². The van der Waals surface area contributed by atoms with Gasteiger partial charge < -0.3 is 10.1 Å². The predicted octanol–water partition coefficient (Wildman–Crippen LogP) is 1.12. The summed E-state index contributed by atoms with van der Waals surface area (Å²) in [6, 6.07) is 3.07. The number of ether oxygens (including phenoxy) is 1. The highest BCUT2D eigenvalue weighted by Gasteiger charge is 2.15. The van der Waals surface area contributed by atoms with Crippen molar-refractivity contribution >= 4 is 5.91 Å². The third-order valence-electron chi connectivity index (χ3n) is 2.12.